The summed E-state index contributed by atoms with van der Waals surface area (Å²) in [6, 6.07) is 4.00. The maximum absolute atomic E-state index is 13.2. The van der Waals surface area contributed by atoms with Crippen LogP contribution >= 0.6 is 0 Å². The number of halogens is 1. The van der Waals surface area contributed by atoms with Gasteiger partial charge in [0.25, 0.3) is 0 Å². The Morgan fingerprint density at radius 1 is 1.33 bits per heavy atom. The number of ether oxygens (including phenoxy) is 1. The topological polar surface area (TPSA) is 58.6 Å². The number of piperidine rings is 1. The van der Waals surface area contributed by atoms with Crippen LogP contribution in [-0.4, -0.2) is 37.1 Å². The van der Waals surface area contributed by atoms with E-state index in [-0.39, 0.29) is 23.7 Å². The Kier molecular flexibility index (Phi) is 4.77. The molecule has 1 aliphatic heterocycles. The van der Waals surface area contributed by atoms with Crippen molar-refractivity contribution in [3.05, 3.63) is 29.6 Å². The summed E-state index contributed by atoms with van der Waals surface area (Å²) >= 11 is 0. The first kappa shape index (κ1) is 15.3. The third kappa shape index (κ3) is 3.71. The van der Waals surface area contributed by atoms with Gasteiger partial charge in [0.05, 0.1) is 13.0 Å². The molecule has 0 aliphatic carbocycles. The summed E-state index contributed by atoms with van der Waals surface area (Å²) in [5.74, 6) is -0.758. The highest BCUT2D eigenvalue weighted by Gasteiger charge is 2.28. The Morgan fingerprint density at radius 2 is 2.00 bits per heavy atom. The number of hydrogen-bond donors (Lipinski definition) is 1. The SMILES string of the molecule is COC(=O)C1CCN(C(=O)Nc2cc(F)ccc2C)CC1. The lowest BCUT2D eigenvalue weighted by Gasteiger charge is -2.30. The fourth-order valence-electron chi connectivity index (χ4n) is 2.41. The van der Waals surface area contributed by atoms with Crippen molar-refractivity contribution in [1.29, 1.82) is 0 Å². The summed E-state index contributed by atoms with van der Waals surface area (Å²) in [6.45, 7) is 2.78. The van der Waals surface area contributed by atoms with Gasteiger partial charge in [0.2, 0.25) is 0 Å². The zero-order valence-electron chi connectivity index (χ0n) is 12.2. The molecule has 0 unspecified atom stereocenters. The van der Waals surface area contributed by atoms with Gasteiger partial charge >= 0.3 is 12.0 Å². The largest absolute Gasteiger partial charge is 0.469 e. The van der Waals surface area contributed by atoms with Gasteiger partial charge in [-0.2, -0.15) is 0 Å². The lowest BCUT2D eigenvalue weighted by Crippen LogP contribution is -2.42. The number of rotatable bonds is 2. The summed E-state index contributed by atoms with van der Waals surface area (Å²) in [6.07, 6.45) is 1.17. The third-order valence-corrected chi connectivity index (χ3v) is 3.76. The van der Waals surface area contributed by atoms with Gasteiger partial charge in [-0.25, -0.2) is 9.18 Å². The van der Waals surface area contributed by atoms with Crippen LogP contribution in [0.4, 0.5) is 14.9 Å². The zero-order valence-corrected chi connectivity index (χ0v) is 12.2. The van der Waals surface area contributed by atoms with Crippen molar-refractivity contribution < 1.29 is 18.7 Å². The second-order valence-electron chi connectivity index (χ2n) is 5.17. The molecule has 6 heteroatoms. The van der Waals surface area contributed by atoms with Crippen LogP contribution in [0.25, 0.3) is 0 Å². The molecule has 1 aliphatic rings. The quantitative estimate of drug-likeness (QED) is 0.853. The van der Waals surface area contributed by atoms with Crippen molar-refractivity contribution >= 4 is 17.7 Å². The molecular weight excluding hydrogens is 275 g/mol. The lowest BCUT2D eigenvalue weighted by molar-refractivity contribution is -0.146. The van der Waals surface area contributed by atoms with E-state index in [2.05, 4.69) is 5.32 Å². The van der Waals surface area contributed by atoms with Crippen LogP contribution in [0.15, 0.2) is 18.2 Å². The lowest BCUT2D eigenvalue weighted by atomic mass is 9.97. The molecule has 0 atom stereocenters. The summed E-state index contributed by atoms with van der Waals surface area (Å²) in [7, 11) is 1.37. The van der Waals surface area contributed by atoms with Gasteiger partial charge in [0, 0.05) is 18.8 Å². The van der Waals surface area contributed by atoms with E-state index >= 15 is 0 Å². The molecule has 0 bridgehead atoms. The molecule has 2 rings (SSSR count). The van der Waals surface area contributed by atoms with Crippen LogP contribution in [0.2, 0.25) is 0 Å². The average molecular weight is 294 g/mol. The molecule has 1 saturated heterocycles. The Bertz CT molecular complexity index is 540. The molecule has 0 radical (unpaired) electrons. The Hall–Kier alpha value is -2.11. The van der Waals surface area contributed by atoms with E-state index in [4.69, 9.17) is 4.74 Å². The predicted octanol–water partition coefficient (Wildman–Crippen LogP) is 2.55. The number of carbonyl (C=O) groups is 2. The van der Waals surface area contributed by atoms with Gasteiger partial charge in [-0.1, -0.05) is 6.07 Å². The van der Waals surface area contributed by atoms with Crippen LogP contribution in [0.5, 0.6) is 0 Å². The maximum Gasteiger partial charge on any atom is 0.321 e. The molecule has 0 spiro atoms. The highest BCUT2D eigenvalue weighted by Crippen LogP contribution is 2.21. The Morgan fingerprint density at radius 3 is 2.62 bits per heavy atom. The first-order valence-corrected chi connectivity index (χ1v) is 6.91. The number of hydrogen-bond acceptors (Lipinski definition) is 3. The van der Waals surface area contributed by atoms with E-state index in [0.717, 1.165) is 5.56 Å². The highest BCUT2D eigenvalue weighted by atomic mass is 19.1. The number of benzene rings is 1. The smallest absolute Gasteiger partial charge is 0.321 e. The molecule has 114 valence electrons. The molecule has 0 aromatic heterocycles. The third-order valence-electron chi connectivity index (χ3n) is 3.76. The van der Waals surface area contributed by atoms with E-state index in [1.54, 1.807) is 17.9 Å². The van der Waals surface area contributed by atoms with Gasteiger partial charge in [-0.15, -0.1) is 0 Å². The molecule has 1 aromatic rings. The first-order valence-electron chi connectivity index (χ1n) is 6.91. The van der Waals surface area contributed by atoms with E-state index in [9.17, 15) is 14.0 Å². The van der Waals surface area contributed by atoms with E-state index in [1.165, 1.54) is 19.2 Å². The molecule has 5 nitrogen and oxygen atoms in total. The molecule has 21 heavy (non-hydrogen) atoms. The van der Waals surface area contributed by atoms with E-state index in [1.807, 2.05) is 0 Å². The molecular formula is C15H19FN2O3. The highest BCUT2D eigenvalue weighted by molar-refractivity contribution is 5.90. The van der Waals surface area contributed by atoms with Crippen molar-refractivity contribution in [2.75, 3.05) is 25.5 Å². The monoisotopic (exact) mass is 294 g/mol. The number of anilines is 1. The normalized spacial score (nSPS) is 15.7. The van der Waals surface area contributed by atoms with Crippen molar-refractivity contribution in [2.24, 2.45) is 5.92 Å². The fourth-order valence-corrected chi connectivity index (χ4v) is 2.41. The molecule has 1 N–H and O–H groups in total. The number of aryl methyl sites for hydroxylation is 1. The number of esters is 1. The van der Waals surface area contributed by atoms with Crippen molar-refractivity contribution in [1.82, 2.24) is 4.90 Å². The number of likely N-dealkylation sites (tertiary alicyclic amines) is 1. The minimum Gasteiger partial charge on any atom is -0.469 e. The maximum atomic E-state index is 13.2. The number of nitrogens with zero attached hydrogens (tertiary/aromatic N) is 1. The minimum atomic E-state index is -0.389. The Balaban J connectivity index is 1.93. The zero-order chi connectivity index (χ0) is 15.4. The summed E-state index contributed by atoms with van der Waals surface area (Å²) in [5.41, 5.74) is 1.27. The summed E-state index contributed by atoms with van der Waals surface area (Å²) in [4.78, 5) is 25.2. The van der Waals surface area contributed by atoms with Crippen molar-refractivity contribution in [2.45, 2.75) is 19.8 Å². The number of carbonyl (C=O) groups excluding carboxylic acids is 2. The van der Waals surface area contributed by atoms with Gasteiger partial charge in [-0.05, 0) is 37.5 Å². The average Bonchev–Trinajstić information content (AvgIpc) is 2.50. The number of methoxy groups -OCH3 is 1. The van der Waals surface area contributed by atoms with Crippen LogP contribution in [-0.2, 0) is 9.53 Å². The van der Waals surface area contributed by atoms with E-state index in [0.29, 0.717) is 31.6 Å². The van der Waals surface area contributed by atoms with Crippen molar-refractivity contribution in [3.8, 4) is 0 Å². The first-order chi connectivity index (χ1) is 10.0. The molecule has 1 fully saturated rings. The molecule has 0 saturated carbocycles. The second-order valence-corrected chi connectivity index (χ2v) is 5.17. The fraction of sp³-hybridized carbons (Fsp3) is 0.467. The van der Waals surface area contributed by atoms with Crippen LogP contribution in [0.3, 0.4) is 0 Å². The summed E-state index contributed by atoms with van der Waals surface area (Å²) in [5, 5.41) is 2.71. The standard InChI is InChI=1S/C15H19FN2O3/c1-10-3-4-12(16)9-13(10)17-15(20)18-7-5-11(6-8-18)14(19)21-2/h3-4,9,11H,5-8H2,1-2H3,(H,17,20). The molecule has 1 aromatic carbocycles. The molecule has 1 heterocycles. The van der Waals surface area contributed by atoms with Crippen LogP contribution in [0.1, 0.15) is 18.4 Å². The van der Waals surface area contributed by atoms with Gasteiger partial charge in [-0.3, -0.25) is 4.79 Å². The van der Waals surface area contributed by atoms with Crippen molar-refractivity contribution in [3.63, 3.8) is 0 Å². The number of nitrogens with one attached hydrogen (secondary N) is 1. The summed E-state index contributed by atoms with van der Waals surface area (Å²) < 4.78 is 17.9. The van der Waals surface area contributed by atoms with E-state index < -0.39 is 0 Å². The Labute approximate surface area is 123 Å². The van der Waals surface area contributed by atoms with Crippen LogP contribution in [0, 0.1) is 18.7 Å². The minimum absolute atomic E-state index is 0.144. The number of amides is 2. The van der Waals surface area contributed by atoms with Gasteiger partial charge in [0.1, 0.15) is 5.82 Å². The van der Waals surface area contributed by atoms with Crippen LogP contribution < -0.4 is 5.32 Å². The van der Waals surface area contributed by atoms with Gasteiger partial charge in [0.15, 0.2) is 0 Å². The van der Waals surface area contributed by atoms with Gasteiger partial charge < -0.3 is 15.0 Å². The predicted molar refractivity (Wildman–Crippen MR) is 76.5 cm³/mol. The second kappa shape index (κ2) is 6.56. The molecule has 2 amide bonds. The number of urea groups is 1.